The van der Waals surface area contributed by atoms with E-state index in [-0.39, 0.29) is 12.2 Å². The molecule has 2 amide bonds. The Bertz CT molecular complexity index is 1390. The van der Waals surface area contributed by atoms with Gasteiger partial charge >= 0.3 is 12.0 Å². The first-order valence-corrected chi connectivity index (χ1v) is 16.5. The fourth-order valence-electron chi connectivity index (χ4n) is 5.97. The van der Waals surface area contributed by atoms with Crippen LogP contribution in [0.3, 0.4) is 0 Å². The van der Waals surface area contributed by atoms with Gasteiger partial charge in [-0.3, -0.25) is 4.90 Å². The van der Waals surface area contributed by atoms with Crippen LogP contribution in [0, 0.1) is 0 Å². The second-order valence-electron chi connectivity index (χ2n) is 11.8. The number of nitrogens with one attached hydrogen (secondary N) is 1. The topological polar surface area (TPSA) is 92.3 Å². The number of likely N-dealkylation sites (tertiary alicyclic amines) is 1. The van der Waals surface area contributed by atoms with Crippen LogP contribution in [-0.2, 0) is 19.6 Å². The summed E-state index contributed by atoms with van der Waals surface area (Å²) in [7, 11) is 3.33. The lowest BCUT2D eigenvalue weighted by Crippen LogP contribution is -2.53. The molecule has 2 aliphatic rings. The van der Waals surface area contributed by atoms with Gasteiger partial charge in [0.15, 0.2) is 5.82 Å². The van der Waals surface area contributed by atoms with Crippen LogP contribution in [0.1, 0.15) is 69.2 Å². The summed E-state index contributed by atoms with van der Waals surface area (Å²) < 4.78 is 16.9. The predicted molar refractivity (Wildman–Crippen MR) is 182 cm³/mol. The van der Waals surface area contributed by atoms with Crippen LogP contribution in [0.15, 0.2) is 60.7 Å². The third-order valence-electron chi connectivity index (χ3n) is 8.52. The number of anilines is 2. The molecule has 1 saturated heterocycles. The maximum absolute atomic E-state index is 13.9. The van der Waals surface area contributed by atoms with Crippen LogP contribution in [0.4, 0.5) is 16.3 Å². The normalized spacial score (nSPS) is 15.5. The maximum atomic E-state index is 13.9. The highest BCUT2D eigenvalue weighted by Crippen LogP contribution is 2.36. The molecule has 2 aromatic carbocycles. The minimum absolute atomic E-state index is 0.0453. The summed E-state index contributed by atoms with van der Waals surface area (Å²) in [6, 6.07) is 16.2. The van der Waals surface area contributed by atoms with Gasteiger partial charge < -0.3 is 29.3 Å². The summed E-state index contributed by atoms with van der Waals surface area (Å²) in [6.45, 7) is 8.23. The van der Waals surface area contributed by atoms with Gasteiger partial charge in [0.05, 0.1) is 39.2 Å². The number of urea groups is 1. The van der Waals surface area contributed by atoms with Gasteiger partial charge in [0.1, 0.15) is 17.2 Å². The highest BCUT2D eigenvalue weighted by Gasteiger charge is 2.36. The molecular formula is C36H48N6O4. The van der Waals surface area contributed by atoms with Crippen molar-refractivity contribution in [1.29, 1.82) is 0 Å². The number of hydrogen-bond donors (Lipinski definition) is 1. The molecule has 10 nitrogen and oxygen atoms in total. The zero-order chi connectivity index (χ0) is 32.3. The van der Waals surface area contributed by atoms with E-state index in [9.17, 15) is 4.79 Å². The molecule has 0 radical (unpaired) electrons. The molecule has 0 aliphatic carbocycles. The first-order valence-electron chi connectivity index (χ1n) is 16.5. The SMILES string of the molecule is CC/C=C\CC(N1CCCC1)N1Cc2nc(OCCCC)nc(N(Cc3ccc(OC)cc3)Cc3ccc(OC)cc3)c2NC1=O. The molecule has 1 unspecified atom stereocenters. The monoisotopic (exact) mass is 628 g/mol. The molecule has 246 valence electrons. The summed E-state index contributed by atoms with van der Waals surface area (Å²) in [5, 5.41) is 3.23. The number of hydrogen-bond acceptors (Lipinski definition) is 8. The number of fused-ring (bicyclic) bond motifs is 1. The van der Waals surface area contributed by atoms with Crippen molar-refractivity contribution in [3.05, 3.63) is 77.5 Å². The van der Waals surface area contributed by atoms with E-state index in [4.69, 9.17) is 24.2 Å². The van der Waals surface area contributed by atoms with Crippen molar-refractivity contribution in [2.24, 2.45) is 0 Å². The summed E-state index contributed by atoms with van der Waals surface area (Å²) in [5.74, 6) is 2.23. The van der Waals surface area contributed by atoms with Crippen molar-refractivity contribution in [1.82, 2.24) is 19.8 Å². The van der Waals surface area contributed by atoms with Crippen LogP contribution in [0.2, 0.25) is 0 Å². The van der Waals surface area contributed by atoms with Crippen molar-refractivity contribution < 1.29 is 19.0 Å². The standard InChI is InChI=1S/C36H48N6O4/c1-5-7-9-12-32(40-21-10-11-22-40)42-26-31-33(38-36(42)43)34(39-35(37-31)46-23-8-6-2)41(24-27-13-17-29(44-3)18-14-27)25-28-15-19-30(45-4)20-16-28/h7,9,13-20,32H,5-6,8,10-12,21-26H2,1-4H3,(H,38,43)/b9-7-. The molecule has 1 N–H and O–H groups in total. The lowest BCUT2D eigenvalue weighted by Gasteiger charge is -2.40. The Labute approximate surface area is 273 Å². The van der Waals surface area contributed by atoms with E-state index in [0.717, 1.165) is 79.9 Å². The number of benzene rings is 2. The second-order valence-corrected chi connectivity index (χ2v) is 11.8. The molecule has 1 fully saturated rings. The van der Waals surface area contributed by atoms with Crippen molar-refractivity contribution >= 4 is 17.5 Å². The number of ether oxygens (including phenoxy) is 3. The quantitative estimate of drug-likeness (QED) is 0.134. The van der Waals surface area contributed by atoms with Crippen LogP contribution in [-0.4, -0.2) is 65.9 Å². The number of amides is 2. The number of allylic oxidation sites excluding steroid dienone is 1. The zero-order valence-corrected chi connectivity index (χ0v) is 27.7. The van der Waals surface area contributed by atoms with E-state index in [1.165, 1.54) is 0 Å². The number of unbranched alkanes of at least 4 members (excludes halogenated alkanes) is 1. The third kappa shape index (κ3) is 8.28. The molecule has 0 saturated carbocycles. The number of carbonyl (C=O) groups excluding carboxylic acids is 1. The number of carbonyl (C=O) groups is 1. The van der Waals surface area contributed by atoms with Crippen LogP contribution >= 0.6 is 0 Å². The lowest BCUT2D eigenvalue weighted by molar-refractivity contribution is 0.0822. The highest BCUT2D eigenvalue weighted by atomic mass is 16.5. The van der Waals surface area contributed by atoms with Gasteiger partial charge in [-0.05, 0) is 67.5 Å². The van der Waals surface area contributed by atoms with Crippen molar-refractivity contribution in [2.45, 2.75) is 78.2 Å². The van der Waals surface area contributed by atoms with Gasteiger partial charge in [0, 0.05) is 26.2 Å². The van der Waals surface area contributed by atoms with Gasteiger partial charge in [-0.25, -0.2) is 4.79 Å². The zero-order valence-electron chi connectivity index (χ0n) is 27.7. The van der Waals surface area contributed by atoms with Gasteiger partial charge in [0.2, 0.25) is 0 Å². The van der Waals surface area contributed by atoms with E-state index in [0.29, 0.717) is 43.8 Å². The number of nitrogens with zero attached hydrogens (tertiary/aromatic N) is 5. The molecule has 1 aromatic heterocycles. The Morgan fingerprint density at radius 3 is 2.11 bits per heavy atom. The number of methoxy groups -OCH3 is 2. The lowest BCUT2D eigenvalue weighted by atomic mass is 10.1. The van der Waals surface area contributed by atoms with E-state index in [2.05, 4.69) is 65.4 Å². The molecule has 0 bridgehead atoms. The van der Waals surface area contributed by atoms with Crippen LogP contribution < -0.4 is 24.4 Å². The summed E-state index contributed by atoms with van der Waals surface area (Å²) in [6.07, 6.45) is 10.3. The molecule has 1 atom stereocenters. The first-order chi connectivity index (χ1) is 22.5. The smallest absolute Gasteiger partial charge is 0.323 e. The second kappa shape index (κ2) is 16.3. The molecule has 2 aliphatic heterocycles. The molecule has 3 heterocycles. The van der Waals surface area contributed by atoms with E-state index in [1.807, 2.05) is 29.2 Å². The Morgan fingerprint density at radius 1 is 0.913 bits per heavy atom. The third-order valence-corrected chi connectivity index (χ3v) is 8.52. The molecule has 5 rings (SSSR count). The summed E-state index contributed by atoms with van der Waals surface area (Å²) >= 11 is 0. The summed E-state index contributed by atoms with van der Waals surface area (Å²) in [5.41, 5.74) is 3.55. The fraction of sp³-hybridized carbons (Fsp3) is 0.472. The summed E-state index contributed by atoms with van der Waals surface area (Å²) in [4.78, 5) is 30.3. The van der Waals surface area contributed by atoms with E-state index in [1.54, 1.807) is 14.2 Å². The average molecular weight is 629 g/mol. The van der Waals surface area contributed by atoms with Crippen molar-refractivity contribution in [3.8, 4) is 17.5 Å². The van der Waals surface area contributed by atoms with Gasteiger partial charge in [0.25, 0.3) is 0 Å². The maximum Gasteiger partial charge on any atom is 0.323 e. The minimum Gasteiger partial charge on any atom is -0.497 e. The number of rotatable bonds is 16. The van der Waals surface area contributed by atoms with Gasteiger partial charge in [-0.2, -0.15) is 9.97 Å². The fourth-order valence-corrected chi connectivity index (χ4v) is 5.97. The Kier molecular flexibility index (Phi) is 11.7. The Morgan fingerprint density at radius 2 is 1.54 bits per heavy atom. The largest absolute Gasteiger partial charge is 0.497 e. The van der Waals surface area contributed by atoms with Crippen LogP contribution in [0.5, 0.6) is 17.5 Å². The average Bonchev–Trinajstić information content (AvgIpc) is 3.62. The molecule has 3 aromatic rings. The highest BCUT2D eigenvalue weighted by molar-refractivity contribution is 5.95. The van der Waals surface area contributed by atoms with Gasteiger partial charge in [-0.15, -0.1) is 0 Å². The molecule has 10 heteroatoms. The Hall–Kier alpha value is -4.31. The van der Waals surface area contributed by atoms with Crippen molar-refractivity contribution in [2.75, 3.05) is 44.1 Å². The molecule has 0 spiro atoms. The van der Waals surface area contributed by atoms with Crippen LogP contribution in [0.25, 0.3) is 0 Å². The van der Waals surface area contributed by atoms with Crippen molar-refractivity contribution in [3.63, 3.8) is 0 Å². The molecular weight excluding hydrogens is 580 g/mol. The Balaban J connectivity index is 1.54. The van der Waals surface area contributed by atoms with E-state index >= 15 is 0 Å². The van der Waals surface area contributed by atoms with Gasteiger partial charge in [-0.1, -0.05) is 56.7 Å². The van der Waals surface area contributed by atoms with E-state index < -0.39 is 0 Å². The minimum atomic E-state index is -0.132. The predicted octanol–water partition coefficient (Wildman–Crippen LogP) is 7.01. The number of aromatic nitrogens is 2. The molecule has 46 heavy (non-hydrogen) atoms. The first kappa shape index (κ1) is 33.1.